The molecule has 1 heterocycles. The predicted octanol–water partition coefficient (Wildman–Crippen LogP) is 2.89. The lowest BCUT2D eigenvalue weighted by Gasteiger charge is -2.12. The first-order valence-corrected chi connectivity index (χ1v) is 8.72. The molecule has 0 saturated carbocycles. The highest BCUT2D eigenvalue weighted by Crippen LogP contribution is 2.05. The maximum absolute atomic E-state index is 5.58. The number of H-pyrrole nitrogens is 1. The molecule has 6 nitrogen and oxygen atoms in total. The number of nitrogens with one attached hydrogen (secondary N) is 3. The van der Waals surface area contributed by atoms with Crippen molar-refractivity contribution < 1.29 is 4.74 Å². The van der Waals surface area contributed by atoms with E-state index in [1.165, 1.54) is 5.56 Å². The predicted molar refractivity (Wildman–Crippen MR) is 111 cm³/mol. The summed E-state index contributed by atoms with van der Waals surface area (Å²) in [6.45, 7) is 12.7. The lowest BCUT2D eigenvalue weighted by Crippen LogP contribution is -2.38. The molecule has 0 aromatic carbocycles. The number of ether oxygens (including phenoxy) is 1. The highest BCUT2D eigenvalue weighted by atomic mass is 127. The van der Waals surface area contributed by atoms with Crippen LogP contribution in [0.25, 0.3) is 0 Å². The van der Waals surface area contributed by atoms with Crippen LogP contribution in [0.15, 0.2) is 11.2 Å². The van der Waals surface area contributed by atoms with Gasteiger partial charge in [0.25, 0.3) is 0 Å². The van der Waals surface area contributed by atoms with Crippen molar-refractivity contribution in [2.24, 2.45) is 10.9 Å². The molecule has 0 radical (unpaired) electrons. The van der Waals surface area contributed by atoms with Crippen molar-refractivity contribution in [1.82, 2.24) is 20.8 Å². The van der Waals surface area contributed by atoms with Gasteiger partial charge in [-0.1, -0.05) is 13.8 Å². The minimum atomic E-state index is 0. The monoisotopic (exact) mass is 451 g/mol. The normalized spacial score (nSPS) is 11.5. The number of nitrogens with zero attached hydrogens (tertiary/aromatic N) is 2. The molecule has 7 heteroatoms. The third-order valence-electron chi connectivity index (χ3n) is 3.36. The van der Waals surface area contributed by atoms with E-state index in [0.29, 0.717) is 5.92 Å². The maximum atomic E-state index is 5.58. The molecule has 0 aliphatic rings. The summed E-state index contributed by atoms with van der Waals surface area (Å²) >= 11 is 0. The molecule has 0 fully saturated rings. The molecule has 0 amide bonds. The maximum Gasteiger partial charge on any atom is 0.191 e. The second kappa shape index (κ2) is 14.5. The molecule has 0 bridgehead atoms. The lowest BCUT2D eigenvalue weighted by molar-refractivity contribution is 0.108. The van der Waals surface area contributed by atoms with Gasteiger partial charge >= 0.3 is 0 Å². The SMILES string of the molecule is CCNC(=NCCCc1cn[nH]c1C)NCCCOCC(C)C.I. The van der Waals surface area contributed by atoms with Crippen molar-refractivity contribution in [3.8, 4) is 0 Å². The van der Waals surface area contributed by atoms with E-state index in [2.05, 4.69) is 53.5 Å². The van der Waals surface area contributed by atoms with E-state index < -0.39 is 0 Å². The number of aromatic nitrogens is 2. The number of aliphatic imine (C=N–C) groups is 1. The van der Waals surface area contributed by atoms with Gasteiger partial charge in [-0.05, 0) is 44.6 Å². The van der Waals surface area contributed by atoms with Gasteiger partial charge in [-0.3, -0.25) is 10.1 Å². The zero-order valence-corrected chi connectivity index (χ0v) is 17.9. The van der Waals surface area contributed by atoms with Crippen LogP contribution in [0.3, 0.4) is 0 Å². The highest BCUT2D eigenvalue weighted by Gasteiger charge is 2.01. The van der Waals surface area contributed by atoms with E-state index in [4.69, 9.17) is 4.74 Å². The van der Waals surface area contributed by atoms with Gasteiger partial charge in [-0.15, -0.1) is 24.0 Å². The molecule has 0 atom stereocenters. The number of rotatable bonds is 11. The Kier molecular flexibility index (Phi) is 14.0. The molecule has 0 spiro atoms. The van der Waals surface area contributed by atoms with Crippen molar-refractivity contribution >= 4 is 29.9 Å². The summed E-state index contributed by atoms with van der Waals surface area (Å²) in [5, 5.41) is 13.6. The van der Waals surface area contributed by atoms with Crippen LogP contribution in [0.1, 0.15) is 44.9 Å². The Balaban J connectivity index is 0.00000529. The van der Waals surface area contributed by atoms with Gasteiger partial charge in [0.2, 0.25) is 0 Å². The average molecular weight is 451 g/mol. The third kappa shape index (κ3) is 10.9. The smallest absolute Gasteiger partial charge is 0.191 e. The Bertz CT molecular complexity index is 448. The summed E-state index contributed by atoms with van der Waals surface area (Å²) in [7, 11) is 0. The van der Waals surface area contributed by atoms with E-state index in [0.717, 1.165) is 63.8 Å². The van der Waals surface area contributed by atoms with Gasteiger partial charge in [0, 0.05) is 38.5 Å². The van der Waals surface area contributed by atoms with Crippen molar-refractivity contribution in [3.05, 3.63) is 17.5 Å². The topological polar surface area (TPSA) is 74.3 Å². The summed E-state index contributed by atoms with van der Waals surface area (Å²) in [5.41, 5.74) is 2.43. The van der Waals surface area contributed by atoms with E-state index in [1.54, 1.807) is 0 Å². The van der Waals surface area contributed by atoms with Crippen LogP contribution in [0.2, 0.25) is 0 Å². The number of aryl methyl sites for hydroxylation is 2. The second-order valence-electron chi connectivity index (χ2n) is 6.13. The Labute approximate surface area is 163 Å². The first-order valence-electron chi connectivity index (χ1n) is 8.72. The van der Waals surface area contributed by atoms with E-state index >= 15 is 0 Å². The summed E-state index contributed by atoms with van der Waals surface area (Å²) in [5.74, 6) is 1.49. The van der Waals surface area contributed by atoms with Crippen LogP contribution in [-0.2, 0) is 11.2 Å². The van der Waals surface area contributed by atoms with E-state index in [1.807, 2.05) is 6.20 Å². The number of hydrogen-bond donors (Lipinski definition) is 3. The molecule has 140 valence electrons. The standard InChI is InChI=1S/C17H33N5O.HI/c1-5-18-17(20-10-7-11-23-13-14(2)3)19-9-6-8-16-12-21-22-15(16)4;/h12,14H,5-11,13H2,1-4H3,(H,21,22)(H2,18,19,20);1H. The fraction of sp³-hybridized carbons (Fsp3) is 0.765. The molecular formula is C17H34IN5O. The molecule has 0 aliphatic heterocycles. The average Bonchev–Trinajstić information content (AvgIpc) is 2.92. The van der Waals surface area contributed by atoms with Gasteiger partial charge in [-0.25, -0.2) is 0 Å². The Hall–Kier alpha value is -0.830. The van der Waals surface area contributed by atoms with Gasteiger partial charge < -0.3 is 15.4 Å². The first kappa shape index (κ1) is 23.2. The van der Waals surface area contributed by atoms with Gasteiger partial charge in [-0.2, -0.15) is 5.10 Å². The summed E-state index contributed by atoms with van der Waals surface area (Å²) < 4.78 is 5.58. The van der Waals surface area contributed by atoms with Gasteiger partial charge in [0.05, 0.1) is 6.20 Å². The zero-order chi connectivity index (χ0) is 16.9. The fourth-order valence-electron chi connectivity index (χ4n) is 2.13. The third-order valence-corrected chi connectivity index (χ3v) is 3.36. The molecule has 0 unspecified atom stereocenters. The minimum Gasteiger partial charge on any atom is -0.381 e. The number of hydrogen-bond acceptors (Lipinski definition) is 3. The largest absolute Gasteiger partial charge is 0.381 e. The molecule has 1 aromatic rings. The highest BCUT2D eigenvalue weighted by molar-refractivity contribution is 14.0. The molecule has 1 aromatic heterocycles. The molecular weight excluding hydrogens is 417 g/mol. The summed E-state index contributed by atoms with van der Waals surface area (Å²) in [6.07, 6.45) is 4.92. The quantitative estimate of drug-likeness (QED) is 0.209. The number of guanidine groups is 1. The van der Waals surface area contributed by atoms with E-state index in [-0.39, 0.29) is 24.0 Å². The number of halogens is 1. The van der Waals surface area contributed by atoms with Crippen LogP contribution in [0, 0.1) is 12.8 Å². The zero-order valence-electron chi connectivity index (χ0n) is 15.5. The first-order chi connectivity index (χ1) is 11.1. The molecule has 0 saturated heterocycles. The van der Waals surface area contributed by atoms with Crippen LogP contribution in [0.4, 0.5) is 0 Å². The van der Waals surface area contributed by atoms with Crippen LogP contribution >= 0.6 is 24.0 Å². The molecule has 24 heavy (non-hydrogen) atoms. The molecule has 3 N–H and O–H groups in total. The minimum absolute atomic E-state index is 0. The van der Waals surface area contributed by atoms with Crippen molar-refractivity contribution in [3.63, 3.8) is 0 Å². The van der Waals surface area contributed by atoms with Crippen molar-refractivity contribution in [1.29, 1.82) is 0 Å². The fourth-order valence-corrected chi connectivity index (χ4v) is 2.13. The van der Waals surface area contributed by atoms with Crippen molar-refractivity contribution in [2.75, 3.05) is 32.8 Å². The number of aromatic amines is 1. The van der Waals surface area contributed by atoms with E-state index in [9.17, 15) is 0 Å². The van der Waals surface area contributed by atoms with Crippen LogP contribution in [0.5, 0.6) is 0 Å². The summed E-state index contributed by atoms with van der Waals surface area (Å²) in [6, 6.07) is 0. The van der Waals surface area contributed by atoms with Crippen molar-refractivity contribution in [2.45, 2.75) is 47.0 Å². The Morgan fingerprint density at radius 1 is 1.33 bits per heavy atom. The van der Waals surface area contributed by atoms with Gasteiger partial charge in [0.15, 0.2) is 5.96 Å². The molecule has 0 aliphatic carbocycles. The van der Waals surface area contributed by atoms with Crippen LogP contribution in [-0.4, -0.2) is 49.0 Å². The lowest BCUT2D eigenvalue weighted by atomic mass is 10.1. The summed E-state index contributed by atoms with van der Waals surface area (Å²) in [4.78, 5) is 4.61. The second-order valence-corrected chi connectivity index (χ2v) is 6.13. The van der Waals surface area contributed by atoms with Gasteiger partial charge in [0.1, 0.15) is 0 Å². The van der Waals surface area contributed by atoms with Crippen LogP contribution < -0.4 is 10.6 Å². The Morgan fingerprint density at radius 2 is 2.12 bits per heavy atom. The molecule has 1 rings (SSSR count). The Morgan fingerprint density at radius 3 is 2.75 bits per heavy atom.